The summed E-state index contributed by atoms with van der Waals surface area (Å²) in [4.78, 5) is 8.93. The summed E-state index contributed by atoms with van der Waals surface area (Å²) in [5.41, 5.74) is 0.932. The van der Waals surface area contributed by atoms with Crippen molar-refractivity contribution in [2.75, 3.05) is 18.5 Å². The molecule has 2 rings (SSSR count). The third-order valence-corrected chi connectivity index (χ3v) is 3.79. The van der Waals surface area contributed by atoms with E-state index in [9.17, 15) is 0 Å². The number of unbranched alkanes of at least 4 members (excludes halogenated alkanes) is 3. The predicted octanol–water partition coefficient (Wildman–Crippen LogP) is 3.28. The van der Waals surface area contributed by atoms with Gasteiger partial charge < -0.3 is 10.4 Å². The summed E-state index contributed by atoms with van der Waals surface area (Å²) in [6, 6.07) is 0. The molecule has 0 radical (unpaired) electrons. The summed E-state index contributed by atoms with van der Waals surface area (Å²) >= 11 is 6.15. The largest absolute Gasteiger partial charge is 0.396 e. The Hall–Kier alpha value is -0.870. The van der Waals surface area contributed by atoms with Crippen LogP contribution in [0.15, 0.2) is 0 Å². The van der Waals surface area contributed by atoms with Crippen LogP contribution in [0, 0.1) is 6.92 Å². The normalized spacial score (nSPS) is 14.7. The molecule has 1 fully saturated rings. The van der Waals surface area contributed by atoms with E-state index in [0.29, 0.717) is 17.7 Å². The van der Waals surface area contributed by atoms with Gasteiger partial charge in [-0.15, -0.1) is 0 Å². The topological polar surface area (TPSA) is 58.0 Å². The van der Waals surface area contributed by atoms with Gasteiger partial charge in [0.2, 0.25) is 0 Å². The molecule has 106 valence electrons. The van der Waals surface area contributed by atoms with Gasteiger partial charge in [0, 0.05) is 24.6 Å². The van der Waals surface area contributed by atoms with E-state index in [1.54, 1.807) is 0 Å². The molecule has 0 aliphatic heterocycles. The summed E-state index contributed by atoms with van der Waals surface area (Å²) in [7, 11) is 0. The zero-order valence-corrected chi connectivity index (χ0v) is 12.2. The maximum Gasteiger partial charge on any atom is 0.137 e. The first-order valence-electron chi connectivity index (χ1n) is 7.11. The fourth-order valence-corrected chi connectivity index (χ4v) is 2.17. The molecule has 0 atom stereocenters. The first kappa shape index (κ1) is 14.5. The lowest BCUT2D eigenvalue weighted by atomic mass is 10.2. The van der Waals surface area contributed by atoms with Crippen LogP contribution >= 0.6 is 11.6 Å². The highest BCUT2D eigenvalue weighted by atomic mass is 35.5. The lowest BCUT2D eigenvalue weighted by molar-refractivity contribution is 0.283. The maximum absolute atomic E-state index is 8.71. The summed E-state index contributed by atoms with van der Waals surface area (Å²) in [6.07, 6.45) is 6.54. The zero-order valence-electron chi connectivity index (χ0n) is 11.5. The van der Waals surface area contributed by atoms with Gasteiger partial charge in [0.25, 0.3) is 0 Å². The lowest BCUT2D eigenvalue weighted by Gasteiger charge is -2.11. The van der Waals surface area contributed by atoms with E-state index in [1.165, 1.54) is 12.8 Å². The van der Waals surface area contributed by atoms with Crippen LogP contribution < -0.4 is 5.32 Å². The van der Waals surface area contributed by atoms with Gasteiger partial charge in [-0.25, -0.2) is 9.97 Å². The summed E-state index contributed by atoms with van der Waals surface area (Å²) < 4.78 is 0. The predicted molar refractivity (Wildman–Crippen MR) is 77.8 cm³/mol. The summed E-state index contributed by atoms with van der Waals surface area (Å²) in [6.45, 7) is 3.13. The second-order valence-electron chi connectivity index (χ2n) is 5.19. The van der Waals surface area contributed by atoms with Crippen molar-refractivity contribution in [2.45, 2.75) is 51.4 Å². The Labute approximate surface area is 119 Å². The minimum absolute atomic E-state index is 0.290. The van der Waals surface area contributed by atoms with Crippen molar-refractivity contribution >= 4 is 17.4 Å². The number of hydrogen-bond acceptors (Lipinski definition) is 4. The monoisotopic (exact) mass is 283 g/mol. The van der Waals surface area contributed by atoms with Crippen LogP contribution in [0.3, 0.4) is 0 Å². The van der Waals surface area contributed by atoms with Crippen molar-refractivity contribution < 1.29 is 5.11 Å². The number of nitrogens with zero attached hydrogens (tertiary/aromatic N) is 2. The molecule has 0 aromatic carbocycles. The van der Waals surface area contributed by atoms with Crippen LogP contribution in [-0.4, -0.2) is 28.2 Å². The highest BCUT2D eigenvalue weighted by Crippen LogP contribution is 2.39. The average Bonchev–Trinajstić information content (AvgIpc) is 3.22. The van der Waals surface area contributed by atoms with E-state index in [-0.39, 0.29) is 0 Å². The van der Waals surface area contributed by atoms with Crippen molar-refractivity contribution in [3.05, 3.63) is 16.5 Å². The molecule has 1 aliphatic rings. The number of aromatic nitrogens is 2. The molecule has 1 saturated carbocycles. The van der Waals surface area contributed by atoms with Crippen LogP contribution in [0.5, 0.6) is 0 Å². The van der Waals surface area contributed by atoms with Crippen molar-refractivity contribution in [3.63, 3.8) is 0 Å². The van der Waals surface area contributed by atoms with Crippen LogP contribution in [-0.2, 0) is 0 Å². The molecule has 4 nitrogen and oxygen atoms in total. The van der Waals surface area contributed by atoms with Gasteiger partial charge in [0.15, 0.2) is 0 Å². The van der Waals surface area contributed by atoms with Crippen molar-refractivity contribution in [2.24, 2.45) is 0 Å². The van der Waals surface area contributed by atoms with E-state index in [4.69, 9.17) is 16.7 Å². The molecule has 1 aromatic heterocycles. The number of nitrogens with one attached hydrogen (secondary N) is 1. The second kappa shape index (κ2) is 7.06. The van der Waals surface area contributed by atoms with Crippen molar-refractivity contribution in [3.8, 4) is 0 Å². The molecular formula is C14H22ClN3O. The van der Waals surface area contributed by atoms with Crippen LogP contribution in [0.1, 0.15) is 55.8 Å². The Bertz CT molecular complexity index is 421. The Balaban J connectivity index is 1.84. The Morgan fingerprint density at radius 2 is 1.95 bits per heavy atom. The molecule has 0 amide bonds. The minimum Gasteiger partial charge on any atom is -0.396 e. The fraction of sp³-hybridized carbons (Fsp3) is 0.714. The maximum atomic E-state index is 8.71. The molecule has 0 saturated heterocycles. The smallest absolute Gasteiger partial charge is 0.137 e. The molecule has 0 unspecified atom stereocenters. The quantitative estimate of drug-likeness (QED) is 0.568. The number of rotatable bonds is 8. The molecule has 2 N–H and O–H groups in total. The lowest BCUT2D eigenvalue weighted by Crippen LogP contribution is -2.08. The first-order chi connectivity index (χ1) is 9.22. The molecular weight excluding hydrogens is 262 g/mol. The van der Waals surface area contributed by atoms with Crippen molar-refractivity contribution in [1.82, 2.24) is 9.97 Å². The molecule has 19 heavy (non-hydrogen) atoms. The van der Waals surface area contributed by atoms with E-state index in [2.05, 4.69) is 15.3 Å². The fourth-order valence-electron chi connectivity index (χ4n) is 2.00. The number of aliphatic hydroxyl groups excluding tert-OH is 1. The number of anilines is 1. The Morgan fingerprint density at radius 1 is 1.21 bits per heavy atom. The van der Waals surface area contributed by atoms with Gasteiger partial charge in [-0.3, -0.25) is 0 Å². The zero-order chi connectivity index (χ0) is 13.7. The van der Waals surface area contributed by atoms with Gasteiger partial charge in [0.05, 0.1) is 0 Å². The van der Waals surface area contributed by atoms with Crippen LogP contribution in [0.4, 0.5) is 5.82 Å². The van der Waals surface area contributed by atoms with E-state index in [0.717, 1.165) is 49.4 Å². The van der Waals surface area contributed by atoms with Crippen LogP contribution in [0.25, 0.3) is 0 Å². The van der Waals surface area contributed by atoms with E-state index in [1.807, 2.05) is 6.92 Å². The standard InChI is InChI=1S/C14H22ClN3O/c1-10-12(15)17-14(11-6-7-11)18-13(10)16-8-4-2-3-5-9-19/h11,19H,2-9H2,1H3,(H,16,17,18). The SMILES string of the molecule is Cc1c(Cl)nc(C2CC2)nc1NCCCCCCO. The van der Waals surface area contributed by atoms with Crippen molar-refractivity contribution in [1.29, 1.82) is 0 Å². The second-order valence-corrected chi connectivity index (χ2v) is 5.54. The number of aliphatic hydroxyl groups is 1. The first-order valence-corrected chi connectivity index (χ1v) is 7.49. The molecule has 0 bridgehead atoms. The van der Waals surface area contributed by atoms with Crippen LogP contribution in [0.2, 0.25) is 5.15 Å². The minimum atomic E-state index is 0.290. The van der Waals surface area contributed by atoms with Gasteiger partial charge in [-0.1, -0.05) is 24.4 Å². The van der Waals surface area contributed by atoms with Gasteiger partial charge >= 0.3 is 0 Å². The summed E-state index contributed by atoms with van der Waals surface area (Å²) in [5, 5.41) is 12.6. The highest BCUT2D eigenvalue weighted by Gasteiger charge is 2.27. The summed E-state index contributed by atoms with van der Waals surface area (Å²) in [5.74, 6) is 2.28. The highest BCUT2D eigenvalue weighted by molar-refractivity contribution is 6.30. The van der Waals surface area contributed by atoms with Gasteiger partial charge in [0.1, 0.15) is 16.8 Å². The third kappa shape index (κ3) is 4.32. The Kier molecular flexibility index (Phi) is 5.40. The Morgan fingerprint density at radius 3 is 2.63 bits per heavy atom. The average molecular weight is 284 g/mol. The molecule has 1 aliphatic carbocycles. The molecule has 1 aromatic rings. The third-order valence-electron chi connectivity index (χ3n) is 3.42. The van der Waals surface area contributed by atoms with E-state index < -0.39 is 0 Å². The van der Waals surface area contributed by atoms with Gasteiger partial charge in [-0.2, -0.15) is 0 Å². The molecule has 5 heteroatoms. The molecule has 1 heterocycles. The van der Waals surface area contributed by atoms with Gasteiger partial charge in [-0.05, 0) is 32.6 Å². The number of hydrogen-bond donors (Lipinski definition) is 2. The van der Waals surface area contributed by atoms with E-state index >= 15 is 0 Å². The molecule has 0 spiro atoms. The number of halogens is 1.